The molecule has 1 aliphatic heterocycles. The number of amidine groups is 1. The lowest BCUT2D eigenvalue weighted by Gasteiger charge is -2.30. The van der Waals surface area contributed by atoms with E-state index in [1.165, 1.54) is 0 Å². The summed E-state index contributed by atoms with van der Waals surface area (Å²) in [5, 5.41) is 3.30. The van der Waals surface area contributed by atoms with Gasteiger partial charge < -0.3 is 10.1 Å². The first-order valence-corrected chi connectivity index (χ1v) is 6.70. The van der Waals surface area contributed by atoms with Gasteiger partial charge in [0.15, 0.2) is 0 Å². The molecule has 0 radical (unpaired) electrons. The Morgan fingerprint density at radius 1 is 1.63 bits per heavy atom. The SMILES string of the molecule is C=CCC(C)NC1=NCCN(C(=O)OC(C)(C)C)C1. The Balaban J connectivity index is 2.51. The van der Waals surface area contributed by atoms with Crippen molar-refractivity contribution in [1.82, 2.24) is 10.2 Å². The smallest absolute Gasteiger partial charge is 0.410 e. The van der Waals surface area contributed by atoms with Gasteiger partial charge >= 0.3 is 6.09 Å². The second-order valence-electron chi connectivity index (χ2n) is 5.80. The minimum Gasteiger partial charge on any atom is -0.444 e. The van der Waals surface area contributed by atoms with Crippen molar-refractivity contribution < 1.29 is 9.53 Å². The average molecular weight is 267 g/mol. The van der Waals surface area contributed by atoms with Gasteiger partial charge in [0, 0.05) is 12.6 Å². The quantitative estimate of drug-likeness (QED) is 0.797. The third kappa shape index (κ3) is 5.77. The summed E-state index contributed by atoms with van der Waals surface area (Å²) in [6, 6.07) is 0.273. The third-order valence-electron chi connectivity index (χ3n) is 2.60. The van der Waals surface area contributed by atoms with Gasteiger partial charge in [-0.15, -0.1) is 6.58 Å². The molecule has 0 bridgehead atoms. The monoisotopic (exact) mass is 267 g/mol. The van der Waals surface area contributed by atoms with Gasteiger partial charge in [0.05, 0.1) is 13.1 Å². The molecule has 1 N–H and O–H groups in total. The number of aliphatic imine (C=N–C) groups is 1. The minimum absolute atomic E-state index is 0.273. The molecule has 5 heteroatoms. The summed E-state index contributed by atoms with van der Waals surface area (Å²) in [7, 11) is 0. The maximum Gasteiger partial charge on any atom is 0.410 e. The van der Waals surface area contributed by atoms with Gasteiger partial charge in [-0.1, -0.05) is 6.08 Å². The number of ether oxygens (including phenoxy) is 1. The van der Waals surface area contributed by atoms with E-state index in [0.717, 1.165) is 12.3 Å². The highest BCUT2D eigenvalue weighted by atomic mass is 16.6. The van der Waals surface area contributed by atoms with Crippen molar-refractivity contribution in [3.8, 4) is 0 Å². The van der Waals surface area contributed by atoms with E-state index in [0.29, 0.717) is 19.6 Å². The first kappa shape index (κ1) is 15.5. The van der Waals surface area contributed by atoms with Gasteiger partial charge in [-0.25, -0.2) is 4.79 Å². The van der Waals surface area contributed by atoms with Crippen LogP contribution in [0.4, 0.5) is 4.79 Å². The highest BCUT2D eigenvalue weighted by Gasteiger charge is 2.25. The summed E-state index contributed by atoms with van der Waals surface area (Å²) in [4.78, 5) is 18.1. The Labute approximate surface area is 115 Å². The van der Waals surface area contributed by atoms with Gasteiger partial charge in [-0.3, -0.25) is 9.89 Å². The Bertz CT molecular complexity index is 358. The molecule has 1 unspecified atom stereocenters. The highest BCUT2D eigenvalue weighted by molar-refractivity contribution is 5.88. The van der Waals surface area contributed by atoms with Crippen LogP contribution in [0.2, 0.25) is 0 Å². The number of nitrogens with one attached hydrogen (secondary N) is 1. The molecule has 1 rings (SSSR count). The van der Waals surface area contributed by atoms with Crippen LogP contribution in [0.25, 0.3) is 0 Å². The fourth-order valence-electron chi connectivity index (χ4n) is 1.78. The van der Waals surface area contributed by atoms with Gasteiger partial charge in [-0.2, -0.15) is 0 Å². The second kappa shape index (κ2) is 6.59. The Hall–Kier alpha value is -1.52. The van der Waals surface area contributed by atoms with Crippen LogP contribution >= 0.6 is 0 Å². The Morgan fingerprint density at radius 2 is 2.32 bits per heavy atom. The van der Waals surface area contributed by atoms with Crippen LogP contribution in [-0.4, -0.2) is 48.1 Å². The van der Waals surface area contributed by atoms with Crippen LogP contribution in [0.5, 0.6) is 0 Å². The van der Waals surface area contributed by atoms with Crippen molar-refractivity contribution in [2.24, 2.45) is 4.99 Å². The van der Waals surface area contributed by atoms with E-state index in [9.17, 15) is 4.79 Å². The molecule has 0 aliphatic carbocycles. The van der Waals surface area contributed by atoms with Crippen LogP contribution in [0.15, 0.2) is 17.6 Å². The number of hydrogen-bond acceptors (Lipinski definition) is 4. The molecule has 5 nitrogen and oxygen atoms in total. The van der Waals surface area contributed by atoms with Crippen LogP contribution in [0.3, 0.4) is 0 Å². The summed E-state index contributed by atoms with van der Waals surface area (Å²) < 4.78 is 5.37. The number of nitrogens with zero attached hydrogens (tertiary/aromatic N) is 2. The fraction of sp³-hybridized carbons (Fsp3) is 0.714. The largest absolute Gasteiger partial charge is 0.444 e. The lowest BCUT2D eigenvalue weighted by Crippen LogP contribution is -2.48. The molecule has 1 amide bonds. The maximum atomic E-state index is 12.0. The van der Waals surface area contributed by atoms with E-state index in [1.54, 1.807) is 4.90 Å². The minimum atomic E-state index is -0.463. The number of hydrogen-bond donors (Lipinski definition) is 1. The Morgan fingerprint density at radius 3 is 2.89 bits per heavy atom. The molecule has 19 heavy (non-hydrogen) atoms. The molecule has 108 valence electrons. The lowest BCUT2D eigenvalue weighted by atomic mass is 10.2. The van der Waals surface area contributed by atoms with Crippen molar-refractivity contribution >= 4 is 11.9 Å². The van der Waals surface area contributed by atoms with Crippen molar-refractivity contribution in [2.45, 2.75) is 45.8 Å². The van der Waals surface area contributed by atoms with Gasteiger partial charge in [0.1, 0.15) is 11.4 Å². The average Bonchev–Trinajstić information content (AvgIpc) is 2.27. The van der Waals surface area contributed by atoms with Crippen molar-refractivity contribution in [1.29, 1.82) is 0 Å². The van der Waals surface area contributed by atoms with E-state index < -0.39 is 5.60 Å². The summed E-state index contributed by atoms with van der Waals surface area (Å²) in [6.07, 6.45) is 2.45. The maximum absolute atomic E-state index is 12.0. The molecule has 0 aromatic rings. The predicted molar refractivity (Wildman–Crippen MR) is 77.5 cm³/mol. The van der Waals surface area contributed by atoms with E-state index in [2.05, 4.69) is 23.8 Å². The third-order valence-corrected chi connectivity index (χ3v) is 2.60. The first-order valence-electron chi connectivity index (χ1n) is 6.70. The molecule has 1 atom stereocenters. The zero-order valence-corrected chi connectivity index (χ0v) is 12.4. The topological polar surface area (TPSA) is 53.9 Å². The van der Waals surface area contributed by atoms with Gasteiger partial charge in [0.25, 0.3) is 0 Å². The van der Waals surface area contributed by atoms with Crippen LogP contribution in [0, 0.1) is 0 Å². The summed E-state index contributed by atoms with van der Waals surface area (Å²) in [6.45, 7) is 13.1. The second-order valence-corrected chi connectivity index (χ2v) is 5.80. The zero-order chi connectivity index (χ0) is 14.5. The molecule has 1 aliphatic rings. The number of rotatable bonds is 3. The van der Waals surface area contributed by atoms with E-state index >= 15 is 0 Å². The highest BCUT2D eigenvalue weighted by Crippen LogP contribution is 2.11. The first-order chi connectivity index (χ1) is 8.81. The molecule has 0 aromatic carbocycles. The lowest BCUT2D eigenvalue weighted by molar-refractivity contribution is 0.0276. The molecular formula is C14H25N3O2. The molecule has 0 saturated heterocycles. The zero-order valence-electron chi connectivity index (χ0n) is 12.4. The normalized spacial score (nSPS) is 17.5. The number of amides is 1. The fourth-order valence-corrected chi connectivity index (χ4v) is 1.78. The molecule has 1 heterocycles. The standard InChI is InChI=1S/C14H25N3O2/c1-6-7-11(2)16-12-10-17(9-8-15-12)13(18)19-14(3,4)5/h6,11H,1,7-10H2,2-5H3,(H,15,16). The Kier molecular flexibility index (Phi) is 5.39. The van der Waals surface area contributed by atoms with E-state index in [4.69, 9.17) is 4.74 Å². The van der Waals surface area contributed by atoms with Gasteiger partial charge in [0.2, 0.25) is 0 Å². The number of carbonyl (C=O) groups is 1. The van der Waals surface area contributed by atoms with Crippen LogP contribution < -0.4 is 5.32 Å². The van der Waals surface area contributed by atoms with Crippen LogP contribution in [-0.2, 0) is 4.74 Å². The van der Waals surface area contributed by atoms with E-state index in [-0.39, 0.29) is 12.1 Å². The van der Waals surface area contributed by atoms with Crippen molar-refractivity contribution in [2.75, 3.05) is 19.6 Å². The summed E-state index contributed by atoms with van der Waals surface area (Å²) in [5.41, 5.74) is -0.463. The summed E-state index contributed by atoms with van der Waals surface area (Å²) >= 11 is 0. The molecule has 0 fully saturated rings. The molecule has 0 aromatic heterocycles. The molecule has 0 saturated carbocycles. The summed E-state index contributed by atoms with van der Waals surface area (Å²) in [5.74, 6) is 0.839. The molecular weight excluding hydrogens is 242 g/mol. The molecule has 0 spiro atoms. The van der Waals surface area contributed by atoms with Gasteiger partial charge in [-0.05, 0) is 34.1 Å². The number of carbonyl (C=O) groups excluding carboxylic acids is 1. The van der Waals surface area contributed by atoms with Crippen molar-refractivity contribution in [3.63, 3.8) is 0 Å². The predicted octanol–water partition coefficient (Wildman–Crippen LogP) is 2.19. The van der Waals surface area contributed by atoms with Crippen LogP contribution in [0.1, 0.15) is 34.1 Å². The van der Waals surface area contributed by atoms with E-state index in [1.807, 2.05) is 26.8 Å². The van der Waals surface area contributed by atoms with Crippen molar-refractivity contribution in [3.05, 3.63) is 12.7 Å².